The zero-order chi connectivity index (χ0) is 11.3. The monoisotopic (exact) mass is 464 g/mol. The van der Waals surface area contributed by atoms with Crippen LogP contribution in [0.3, 0.4) is 0 Å². The molecule has 0 bridgehead atoms. The molecule has 2 N–H and O–H groups in total. The topological polar surface area (TPSA) is 49.7 Å². The van der Waals surface area contributed by atoms with Gasteiger partial charge in [-0.2, -0.15) is 0 Å². The Balaban J connectivity index is 2.75. The first-order chi connectivity index (χ1) is 6.95. The molecule has 1 aliphatic heterocycles. The fraction of sp³-hybridized carbons (Fsp3) is 0.250. The van der Waals surface area contributed by atoms with Crippen LogP contribution in [-0.2, 0) is 0 Å². The number of aliphatic hydroxyl groups is 1. The molecule has 7 heteroatoms. The van der Waals surface area contributed by atoms with E-state index in [4.69, 9.17) is 4.74 Å². The van der Waals surface area contributed by atoms with Crippen LogP contribution in [0.5, 0.6) is 11.5 Å². The Morgan fingerprint density at radius 3 is 2.27 bits per heavy atom. The molecule has 1 aromatic rings. The number of ether oxygens (including phenoxy) is 1. The van der Waals surface area contributed by atoms with E-state index in [0.717, 1.165) is 0 Å². The third kappa shape index (κ3) is 1.76. The lowest BCUT2D eigenvalue weighted by Crippen LogP contribution is -2.12. The van der Waals surface area contributed by atoms with Crippen molar-refractivity contribution in [1.29, 1.82) is 0 Å². The highest BCUT2D eigenvalue weighted by Crippen LogP contribution is 2.55. The summed E-state index contributed by atoms with van der Waals surface area (Å²) < 4.78 is 6.83. The van der Waals surface area contributed by atoms with Gasteiger partial charge < -0.3 is 14.9 Å². The smallest absolute Gasteiger partial charge is 0.214 e. The van der Waals surface area contributed by atoms with Crippen molar-refractivity contribution in [3.05, 3.63) is 19.0 Å². The molecule has 0 saturated heterocycles. The zero-order valence-electron chi connectivity index (χ0n) is 6.97. The van der Waals surface area contributed by atoms with Gasteiger partial charge >= 0.3 is 0 Å². The van der Waals surface area contributed by atoms with E-state index < -0.39 is 6.29 Å². The van der Waals surface area contributed by atoms with Gasteiger partial charge in [-0.25, -0.2) is 0 Å². The second-order valence-corrected chi connectivity index (χ2v) is 6.31. The molecule has 3 nitrogen and oxygen atoms in total. The normalized spacial score (nSPS) is 23.8. The summed E-state index contributed by atoms with van der Waals surface area (Å²) in [6.07, 6.45) is -0.957. The standard InChI is InChI=1S/C8H4Br4O3/c9-2-1-3(10)8(14)15-7(1)5(12)4(11)6(2)13/h3,8,13-14H. The number of hydrogen-bond donors (Lipinski definition) is 2. The van der Waals surface area contributed by atoms with E-state index in [9.17, 15) is 10.2 Å². The maximum atomic E-state index is 9.77. The molecule has 0 spiro atoms. The minimum absolute atomic E-state index is 0.0720. The van der Waals surface area contributed by atoms with Crippen LogP contribution in [0.25, 0.3) is 0 Å². The summed E-state index contributed by atoms with van der Waals surface area (Å²) in [6, 6.07) is 0. The van der Waals surface area contributed by atoms with Crippen LogP contribution in [-0.4, -0.2) is 16.5 Å². The lowest BCUT2D eigenvalue weighted by atomic mass is 10.1. The van der Waals surface area contributed by atoms with Crippen molar-refractivity contribution in [2.45, 2.75) is 11.1 Å². The van der Waals surface area contributed by atoms with Crippen LogP contribution in [0.1, 0.15) is 10.4 Å². The lowest BCUT2D eigenvalue weighted by molar-refractivity contribution is 0.000804. The number of aromatic hydroxyl groups is 1. The average Bonchev–Trinajstić information content (AvgIpc) is 2.50. The molecule has 0 saturated carbocycles. The quantitative estimate of drug-likeness (QED) is 0.450. The molecule has 15 heavy (non-hydrogen) atoms. The molecule has 0 aliphatic carbocycles. The first-order valence-corrected chi connectivity index (χ1v) is 7.12. The second kappa shape index (κ2) is 4.18. The summed E-state index contributed by atoms with van der Waals surface area (Å²) in [5.74, 6) is 0.587. The van der Waals surface area contributed by atoms with Gasteiger partial charge in [0.05, 0.1) is 13.4 Å². The van der Waals surface area contributed by atoms with Crippen molar-refractivity contribution in [3.63, 3.8) is 0 Å². The molecule has 1 aromatic carbocycles. The van der Waals surface area contributed by atoms with Gasteiger partial charge in [-0.1, -0.05) is 15.9 Å². The molecule has 2 unspecified atom stereocenters. The van der Waals surface area contributed by atoms with E-state index in [1.54, 1.807) is 0 Å². The Morgan fingerprint density at radius 2 is 1.67 bits per heavy atom. The molecule has 2 atom stereocenters. The number of phenolic OH excluding ortho intramolecular Hbond substituents is 1. The number of rotatable bonds is 0. The highest BCUT2D eigenvalue weighted by molar-refractivity contribution is 9.13. The number of halogens is 4. The molecule has 0 fully saturated rings. The van der Waals surface area contributed by atoms with E-state index in [1.807, 2.05) is 0 Å². The van der Waals surface area contributed by atoms with Crippen molar-refractivity contribution in [2.24, 2.45) is 0 Å². The van der Waals surface area contributed by atoms with Crippen LogP contribution in [0.2, 0.25) is 0 Å². The number of aliphatic hydroxyl groups excluding tert-OH is 1. The predicted octanol–water partition coefficient (Wildman–Crippen LogP) is 3.83. The van der Waals surface area contributed by atoms with E-state index in [-0.39, 0.29) is 10.6 Å². The van der Waals surface area contributed by atoms with Crippen molar-refractivity contribution >= 4 is 63.7 Å². The van der Waals surface area contributed by atoms with Gasteiger partial charge in [0.25, 0.3) is 0 Å². The molecule has 0 amide bonds. The average molecular weight is 468 g/mol. The number of hydrogen-bond acceptors (Lipinski definition) is 3. The van der Waals surface area contributed by atoms with Gasteiger partial charge in [-0.3, -0.25) is 0 Å². The van der Waals surface area contributed by atoms with Crippen molar-refractivity contribution in [3.8, 4) is 11.5 Å². The molecule has 0 aromatic heterocycles. The van der Waals surface area contributed by atoms with Gasteiger partial charge in [-0.15, -0.1) is 0 Å². The maximum absolute atomic E-state index is 9.77. The van der Waals surface area contributed by atoms with Crippen LogP contribution in [0.4, 0.5) is 0 Å². The van der Waals surface area contributed by atoms with Gasteiger partial charge in [-0.05, 0) is 47.8 Å². The van der Waals surface area contributed by atoms with Crippen molar-refractivity contribution in [1.82, 2.24) is 0 Å². The SMILES string of the molecule is Oc1c(Br)c(Br)c2c(c1Br)C(Br)C(O)O2. The highest BCUT2D eigenvalue weighted by Gasteiger charge is 2.37. The molecule has 0 radical (unpaired) electrons. The number of fused-ring (bicyclic) bond motifs is 1. The van der Waals surface area contributed by atoms with Crippen molar-refractivity contribution < 1.29 is 14.9 Å². The van der Waals surface area contributed by atoms with Gasteiger partial charge in [0.15, 0.2) is 0 Å². The third-order valence-corrected chi connectivity index (χ3v) is 5.83. The first kappa shape index (κ1) is 12.2. The van der Waals surface area contributed by atoms with Crippen LogP contribution in [0, 0.1) is 0 Å². The van der Waals surface area contributed by atoms with E-state index in [1.165, 1.54) is 0 Å². The molecule has 2 rings (SSSR count). The van der Waals surface area contributed by atoms with Crippen LogP contribution in [0.15, 0.2) is 13.4 Å². The van der Waals surface area contributed by atoms with E-state index >= 15 is 0 Å². The van der Waals surface area contributed by atoms with Crippen LogP contribution < -0.4 is 4.74 Å². The highest BCUT2D eigenvalue weighted by atomic mass is 79.9. The first-order valence-electron chi connectivity index (χ1n) is 3.83. The summed E-state index contributed by atoms with van der Waals surface area (Å²) in [5.41, 5.74) is 0.690. The number of benzene rings is 1. The summed E-state index contributed by atoms with van der Waals surface area (Å²) in [6.45, 7) is 0. The van der Waals surface area contributed by atoms with Crippen molar-refractivity contribution in [2.75, 3.05) is 0 Å². The zero-order valence-corrected chi connectivity index (χ0v) is 13.3. The summed E-state index contributed by atoms with van der Waals surface area (Å²) in [4.78, 5) is -0.364. The number of phenols is 1. The van der Waals surface area contributed by atoms with Gasteiger partial charge in [0.2, 0.25) is 6.29 Å². The Labute approximate surface area is 119 Å². The van der Waals surface area contributed by atoms with E-state index in [2.05, 4.69) is 63.7 Å². The molecule has 1 aliphatic rings. The summed E-state index contributed by atoms with van der Waals surface area (Å²) >= 11 is 13.1. The minimum Gasteiger partial charge on any atom is -0.506 e. The predicted molar refractivity (Wildman–Crippen MR) is 69.5 cm³/mol. The van der Waals surface area contributed by atoms with Gasteiger partial charge in [0, 0.05) is 5.56 Å². The Morgan fingerprint density at radius 1 is 1.07 bits per heavy atom. The second-order valence-electron chi connectivity index (χ2n) is 2.94. The summed E-state index contributed by atoms with van der Waals surface area (Å²) in [7, 11) is 0. The Hall–Kier alpha value is 0.700. The maximum Gasteiger partial charge on any atom is 0.214 e. The fourth-order valence-electron chi connectivity index (χ4n) is 1.33. The van der Waals surface area contributed by atoms with Gasteiger partial charge in [0.1, 0.15) is 16.3 Å². The number of alkyl halides is 1. The third-order valence-electron chi connectivity index (χ3n) is 2.05. The summed E-state index contributed by atoms with van der Waals surface area (Å²) in [5, 5.41) is 19.3. The molecular formula is C8H4Br4O3. The largest absolute Gasteiger partial charge is 0.506 e. The molecular weight excluding hydrogens is 464 g/mol. The molecule has 1 heterocycles. The Bertz CT molecular complexity index is 435. The fourth-order valence-corrected chi connectivity index (χ4v) is 3.95. The van der Waals surface area contributed by atoms with Crippen LogP contribution >= 0.6 is 63.7 Å². The van der Waals surface area contributed by atoms with E-state index in [0.29, 0.717) is 24.7 Å². The molecule has 82 valence electrons. The minimum atomic E-state index is -0.957. The lowest BCUT2D eigenvalue weighted by Gasteiger charge is -2.09. The Kier molecular flexibility index (Phi) is 3.39.